The van der Waals surface area contributed by atoms with Crippen molar-refractivity contribution in [2.45, 2.75) is 12.5 Å². The minimum atomic E-state index is -0.0604. The second-order valence-corrected chi connectivity index (χ2v) is 3.44. The number of nitrogens with zero attached hydrogens (tertiary/aromatic N) is 3. The number of rotatable bonds is 4. The molecule has 1 unspecified atom stereocenters. The molecule has 5 N–H and O–H groups in total. The molecular formula is C9H14N6O. The lowest BCUT2D eigenvalue weighted by Crippen LogP contribution is -2.25. The van der Waals surface area contributed by atoms with Crippen LogP contribution in [0.4, 0.5) is 5.82 Å². The molecule has 16 heavy (non-hydrogen) atoms. The number of H-pyrrole nitrogens is 1. The smallest absolute Gasteiger partial charge is 0.183 e. The van der Waals surface area contributed by atoms with Crippen LogP contribution in [0.5, 0.6) is 0 Å². The van der Waals surface area contributed by atoms with Gasteiger partial charge in [0.1, 0.15) is 17.7 Å². The first kappa shape index (κ1) is 10.8. The highest BCUT2D eigenvalue weighted by Gasteiger charge is 2.12. The fourth-order valence-electron chi connectivity index (χ4n) is 1.47. The van der Waals surface area contributed by atoms with Gasteiger partial charge >= 0.3 is 0 Å². The fraction of sp³-hybridized carbons (Fsp3) is 0.444. The molecule has 0 fully saturated rings. The van der Waals surface area contributed by atoms with Gasteiger partial charge in [0, 0.05) is 20.1 Å². The van der Waals surface area contributed by atoms with Gasteiger partial charge in [-0.05, 0) is 0 Å². The lowest BCUT2D eigenvalue weighted by molar-refractivity contribution is 0.108. The highest BCUT2D eigenvalue weighted by atomic mass is 16.5. The van der Waals surface area contributed by atoms with Crippen molar-refractivity contribution in [3.8, 4) is 0 Å². The Morgan fingerprint density at radius 1 is 1.50 bits per heavy atom. The average Bonchev–Trinajstić information content (AvgIpc) is 2.70. The number of aromatic nitrogens is 4. The van der Waals surface area contributed by atoms with Crippen LogP contribution in [0.3, 0.4) is 0 Å². The van der Waals surface area contributed by atoms with E-state index in [0.717, 1.165) is 5.82 Å². The molecule has 0 radical (unpaired) electrons. The first-order valence-corrected chi connectivity index (χ1v) is 4.92. The molecule has 2 aromatic heterocycles. The molecular weight excluding hydrogens is 208 g/mol. The number of hydrogen-bond acceptors (Lipinski definition) is 6. The molecule has 0 aromatic carbocycles. The minimum Gasteiger partial charge on any atom is -0.382 e. The van der Waals surface area contributed by atoms with Crippen LogP contribution in [0.25, 0.3) is 11.2 Å². The standard InChI is InChI=1S/C9H14N6O/c1-16-5(3-10)2-6-14-7-8(11)12-4-13-9(7)15-6/h4-5H,2-3,10H2,1H3,(H3,11,12,13,14,15). The van der Waals surface area contributed by atoms with E-state index in [1.54, 1.807) is 7.11 Å². The van der Waals surface area contributed by atoms with Crippen LogP contribution in [0.15, 0.2) is 6.33 Å². The molecule has 2 aromatic rings. The number of nitrogens with one attached hydrogen (secondary N) is 1. The molecule has 7 nitrogen and oxygen atoms in total. The van der Waals surface area contributed by atoms with Crippen molar-refractivity contribution in [1.82, 2.24) is 19.9 Å². The van der Waals surface area contributed by atoms with Crippen LogP contribution in [-0.2, 0) is 11.2 Å². The summed E-state index contributed by atoms with van der Waals surface area (Å²) in [7, 11) is 1.62. The predicted molar refractivity (Wildman–Crippen MR) is 59.7 cm³/mol. The van der Waals surface area contributed by atoms with Crippen molar-refractivity contribution in [3.05, 3.63) is 12.2 Å². The number of fused-ring (bicyclic) bond motifs is 1. The molecule has 1 atom stereocenters. The van der Waals surface area contributed by atoms with E-state index in [2.05, 4.69) is 19.9 Å². The fourth-order valence-corrected chi connectivity index (χ4v) is 1.47. The van der Waals surface area contributed by atoms with Crippen LogP contribution in [0.2, 0.25) is 0 Å². The summed E-state index contributed by atoms with van der Waals surface area (Å²) in [6, 6.07) is 0. The molecule has 7 heteroatoms. The number of hydrogen-bond donors (Lipinski definition) is 3. The zero-order valence-corrected chi connectivity index (χ0v) is 8.97. The number of imidazole rings is 1. The van der Waals surface area contributed by atoms with E-state index in [4.69, 9.17) is 16.2 Å². The number of nitrogen functional groups attached to an aromatic ring is 1. The van der Waals surface area contributed by atoms with Gasteiger partial charge < -0.3 is 21.2 Å². The largest absolute Gasteiger partial charge is 0.382 e. The molecule has 0 aliphatic carbocycles. The summed E-state index contributed by atoms with van der Waals surface area (Å²) in [6.45, 7) is 0.439. The lowest BCUT2D eigenvalue weighted by atomic mass is 10.2. The van der Waals surface area contributed by atoms with Crippen LogP contribution in [-0.4, -0.2) is 39.7 Å². The predicted octanol–water partition coefficient (Wildman–Crippen LogP) is -0.549. The topological polar surface area (TPSA) is 116 Å². The number of ether oxygens (including phenoxy) is 1. The maximum Gasteiger partial charge on any atom is 0.183 e. The molecule has 2 heterocycles. The van der Waals surface area contributed by atoms with Gasteiger partial charge in [0.25, 0.3) is 0 Å². The second kappa shape index (κ2) is 4.42. The van der Waals surface area contributed by atoms with Gasteiger partial charge in [-0.3, -0.25) is 0 Å². The van der Waals surface area contributed by atoms with E-state index < -0.39 is 0 Å². The van der Waals surface area contributed by atoms with Gasteiger partial charge in [0.2, 0.25) is 0 Å². The van der Waals surface area contributed by atoms with E-state index in [1.165, 1.54) is 6.33 Å². The molecule has 0 amide bonds. The summed E-state index contributed by atoms with van der Waals surface area (Å²) in [4.78, 5) is 15.2. The molecule has 0 saturated heterocycles. The summed E-state index contributed by atoms with van der Waals surface area (Å²) in [6.07, 6.45) is 1.93. The third-order valence-electron chi connectivity index (χ3n) is 2.38. The van der Waals surface area contributed by atoms with Crippen LogP contribution >= 0.6 is 0 Å². The lowest BCUT2D eigenvalue weighted by Gasteiger charge is -2.09. The van der Waals surface area contributed by atoms with Gasteiger partial charge in [-0.15, -0.1) is 0 Å². The SMILES string of the molecule is COC(CN)Cc1nc2ncnc(N)c2[nH]1. The summed E-state index contributed by atoms with van der Waals surface area (Å²) < 4.78 is 5.18. The van der Waals surface area contributed by atoms with E-state index >= 15 is 0 Å². The van der Waals surface area contributed by atoms with Crippen molar-refractivity contribution in [3.63, 3.8) is 0 Å². The Bertz CT molecular complexity index is 478. The van der Waals surface area contributed by atoms with Gasteiger partial charge in [-0.25, -0.2) is 15.0 Å². The van der Waals surface area contributed by atoms with Crippen molar-refractivity contribution in [1.29, 1.82) is 0 Å². The van der Waals surface area contributed by atoms with E-state index in [1.807, 2.05) is 0 Å². The van der Waals surface area contributed by atoms with Crippen LogP contribution in [0, 0.1) is 0 Å². The zero-order chi connectivity index (χ0) is 11.5. The third kappa shape index (κ3) is 1.95. The van der Waals surface area contributed by atoms with Crippen LogP contribution < -0.4 is 11.5 Å². The minimum absolute atomic E-state index is 0.0604. The monoisotopic (exact) mass is 222 g/mol. The maximum absolute atomic E-state index is 5.69. The Morgan fingerprint density at radius 2 is 2.31 bits per heavy atom. The van der Waals surface area contributed by atoms with E-state index in [-0.39, 0.29) is 6.10 Å². The zero-order valence-electron chi connectivity index (χ0n) is 8.97. The molecule has 0 aliphatic rings. The molecule has 0 bridgehead atoms. The van der Waals surface area contributed by atoms with Crippen LogP contribution in [0.1, 0.15) is 5.82 Å². The molecule has 86 valence electrons. The number of nitrogens with two attached hydrogens (primary N) is 2. The molecule has 2 rings (SSSR count). The Labute approximate surface area is 92.2 Å². The van der Waals surface area contributed by atoms with Gasteiger partial charge in [0.15, 0.2) is 11.5 Å². The highest BCUT2D eigenvalue weighted by molar-refractivity contribution is 5.80. The van der Waals surface area contributed by atoms with Crippen molar-refractivity contribution in [2.24, 2.45) is 5.73 Å². The number of anilines is 1. The Kier molecular flexibility index (Phi) is 2.97. The number of aromatic amines is 1. The van der Waals surface area contributed by atoms with Gasteiger partial charge in [-0.2, -0.15) is 0 Å². The summed E-state index contributed by atoms with van der Waals surface area (Å²) >= 11 is 0. The van der Waals surface area contributed by atoms with Crippen molar-refractivity contribution < 1.29 is 4.74 Å². The normalized spacial score (nSPS) is 13.1. The first-order valence-electron chi connectivity index (χ1n) is 4.92. The van der Waals surface area contributed by atoms with E-state index in [0.29, 0.717) is 29.9 Å². The molecule has 0 saturated carbocycles. The van der Waals surface area contributed by atoms with Gasteiger partial charge in [0.05, 0.1) is 6.10 Å². The maximum atomic E-state index is 5.69. The Hall–Kier alpha value is -1.73. The number of methoxy groups -OCH3 is 1. The second-order valence-electron chi connectivity index (χ2n) is 3.44. The average molecular weight is 222 g/mol. The summed E-state index contributed by atoms with van der Waals surface area (Å²) in [5, 5.41) is 0. The Morgan fingerprint density at radius 3 is 2.94 bits per heavy atom. The van der Waals surface area contributed by atoms with E-state index in [9.17, 15) is 0 Å². The Balaban J connectivity index is 2.29. The highest BCUT2D eigenvalue weighted by Crippen LogP contribution is 2.14. The quantitative estimate of drug-likeness (QED) is 0.639. The third-order valence-corrected chi connectivity index (χ3v) is 2.38. The molecule has 0 spiro atoms. The van der Waals surface area contributed by atoms with Crippen molar-refractivity contribution in [2.75, 3.05) is 19.4 Å². The van der Waals surface area contributed by atoms with Crippen molar-refractivity contribution >= 4 is 17.0 Å². The summed E-state index contributed by atoms with van der Waals surface area (Å²) in [5.74, 6) is 1.14. The van der Waals surface area contributed by atoms with Gasteiger partial charge in [-0.1, -0.05) is 0 Å². The first-order chi connectivity index (χ1) is 7.74. The summed E-state index contributed by atoms with van der Waals surface area (Å²) in [5.41, 5.74) is 12.4. The molecule has 0 aliphatic heterocycles.